The van der Waals surface area contributed by atoms with Crippen LogP contribution in [0.5, 0.6) is 0 Å². The van der Waals surface area contributed by atoms with E-state index in [0.717, 1.165) is 11.4 Å². The third kappa shape index (κ3) is 10.7. The molecule has 2 aliphatic rings. The summed E-state index contributed by atoms with van der Waals surface area (Å²) in [5, 5.41) is 36.4. The Morgan fingerprint density at radius 3 is 1.11 bits per heavy atom. The Morgan fingerprint density at radius 1 is 0.438 bits per heavy atom. The molecule has 324 valence electrons. The molecule has 0 bridgehead atoms. The molecule has 0 saturated carbocycles. The van der Waals surface area contributed by atoms with Crippen molar-refractivity contribution in [2.45, 2.75) is 21.4 Å². The minimum Gasteiger partial charge on any atom is -0.341 e. The van der Waals surface area contributed by atoms with E-state index in [1.54, 1.807) is 24.3 Å². The van der Waals surface area contributed by atoms with Crippen molar-refractivity contribution in [1.82, 2.24) is 10.9 Å². The van der Waals surface area contributed by atoms with Crippen LogP contribution in [0.1, 0.15) is 11.1 Å². The Balaban J connectivity index is 1.10. The van der Waals surface area contributed by atoms with Gasteiger partial charge in [-0.3, -0.25) is 9.11 Å². The van der Waals surface area contributed by atoms with E-state index in [2.05, 4.69) is 63.4 Å². The van der Waals surface area contributed by atoms with Gasteiger partial charge in [0.15, 0.2) is 0 Å². The largest absolute Gasteiger partial charge is 0.341 e. The minimum atomic E-state index is -4.88. The van der Waals surface area contributed by atoms with E-state index in [1.807, 2.05) is 121 Å². The van der Waals surface area contributed by atoms with Crippen LogP contribution in [0.3, 0.4) is 0 Å². The number of hydrogen-bond donors (Lipinski definition) is 10. The standard InChI is InChI=1S/C44H40N12O6S2/c57-63(58,59)39-27-37(49-43(47-35-17-9-3-10-18-35)29-41(51-55-53-43)45-33-13-5-1-6-14-33)25-23-31(39)21-22-32-24-26-38(28-40(32)64(60,61)62)50-44(48-36-19-11-4-12-20-36)30-42(52-56-54-44)46-34-15-7-2-8-16-34/h1-30,45-50H,(H,51,53)(H,52,54)(H,57,58,59)(H,60,61,62). The number of rotatable bonds is 16. The maximum absolute atomic E-state index is 12.9. The summed E-state index contributed by atoms with van der Waals surface area (Å²) in [6.07, 6.45) is 5.97. The van der Waals surface area contributed by atoms with E-state index < -0.39 is 41.6 Å². The number of para-hydroxylation sites is 4. The van der Waals surface area contributed by atoms with Gasteiger partial charge in [-0.15, -0.1) is 10.2 Å². The molecule has 2 atom stereocenters. The van der Waals surface area contributed by atoms with Gasteiger partial charge in [-0.05, 0) is 83.9 Å². The lowest BCUT2D eigenvalue weighted by Gasteiger charge is -2.33. The molecular weight excluding hydrogens is 857 g/mol. The molecule has 0 amide bonds. The van der Waals surface area contributed by atoms with E-state index in [4.69, 9.17) is 0 Å². The molecule has 0 fully saturated rings. The van der Waals surface area contributed by atoms with Crippen LogP contribution in [-0.4, -0.2) is 37.5 Å². The van der Waals surface area contributed by atoms with Crippen LogP contribution in [0.2, 0.25) is 0 Å². The first kappa shape index (κ1) is 42.6. The van der Waals surface area contributed by atoms with Gasteiger partial charge in [-0.25, -0.2) is 10.9 Å². The van der Waals surface area contributed by atoms with Crippen LogP contribution in [0, 0.1) is 0 Å². The van der Waals surface area contributed by atoms with Crippen molar-refractivity contribution in [3.05, 3.63) is 193 Å². The van der Waals surface area contributed by atoms with Gasteiger partial charge in [0.1, 0.15) is 21.4 Å². The molecule has 2 unspecified atom stereocenters. The Kier molecular flexibility index (Phi) is 12.1. The maximum Gasteiger partial charge on any atom is 0.295 e. The van der Waals surface area contributed by atoms with E-state index in [-0.39, 0.29) is 22.5 Å². The molecule has 6 aromatic rings. The molecule has 2 heterocycles. The fraction of sp³-hybridized carbons (Fsp3) is 0.0455. The zero-order chi connectivity index (χ0) is 44.6. The van der Waals surface area contributed by atoms with E-state index in [1.165, 1.54) is 36.4 Å². The van der Waals surface area contributed by atoms with Crippen LogP contribution in [-0.2, 0) is 20.2 Å². The summed E-state index contributed by atoms with van der Waals surface area (Å²) >= 11 is 0. The molecule has 0 spiro atoms. The summed E-state index contributed by atoms with van der Waals surface area (Å²) in [5.41, 5.74) is 8.92. The predicted octanol–water partition coefficient (Wildman–Crippen LogP) is 8.55. The molecule has 18 nitrogen and oxygen atoms in total. The zero-order valence-corrected chi connectivity index (χ0v) is 35.1. The molecular formula is C44H40N12O6S2. The van der Waals surface area contributed by atoms with Gasteiger partial charge in [-0.1, -0.05) is 108 Å². The maximum atomic E-state index is 12.9. The first-order valence-corrected chi connectivity index (χ1v) is 22.3. The lowest BCUT2D eigenvalue weighted by Crippen LogP contribution is -2.45. The number of hydrogen-bond acceptors (Lipinski definition) is 16. The third-order valence-corrected chi connectivity index (χ3v) is 11.3. The quantitative estimate of drug-likeness (QED) is 0.0248. The molecule has 0 aliphatic carbocycles. The summed E-state index contributed by atoms with van der Waals surface area (Å²) in [6, 6.07) is 45.3. The summed E-state index contributed by atoms with van der Waals surface area (Å²) in [4.78, 5) is -1.02. The van der Waals surface area contributed by atoms with Gasteiger partial charge in [0, 0.05) is 46.3 Å². The second kappa shape index (κ2) is 18.1. The molecule has 64 heavy (non-hydrogen) atoms. The van der Waals surface area contributed by atoms with Gasteiger partial charge in [0.2, 0.25) is 0 Å². The average Bonchev–Trinajstić information content (AvgIpc) is 3.27. The molecule has 0 radical (unpaired) electrons. The fourth-order valence-electron chi connectivity index (χ4n) is 6.69. The summed E-state index contributed by atoms with van der Waals surface area (Å²) < 4.78 is 72.5. The van der Waals surface area contributed by atoms with Crippen molar-refractivity contribution in [2.24, 2.45) is 20.7 Å². The number of nitrogens with one attached hydrogen (secondary N) is 8. The highest BCUT2D eigenvalue weighted by Crippen LogP contribution is 2.32. The molecule has 0 aromatic heterocycles. The van der Waals surface area contributed by atoms with Crippen molar-refractivity contribution in [3.63, 3.8) is 0 Å². The Bertz CT molecular complexity index is 2810. The highest BCUT2D eigenvalue weighted by atomic mass is 32.2. The molecule has 0 saturated heterocycles. The first-order chi connectivity index (χ1) is 30.8. The smallest absolute Gasteiger partial charge is 0.295 e. The predicted molar refractivity (Wildman–Crippen MR) is 247 cm³/mol. The monoisotopic (exact) mass is 896 g/mol. The van der Waals surface area contributed by atoms with Crippen LogP contribution >= 0.6 is 0 Å². The molecule has 6 aromatic carbocycles. The second-order valence-electron chi connectivity index (χ2n) is 14.3. The van der Waals surface area contributed by atoms with Crippen LogP contribution in [0.4, 0.5) is 34.1 Å². The lowest BCUT2D eigenvalue weighted by atomic mass is 10.1. The summed E-state index contributed by atoms with van der Waals surface area (Å²) in [6.45, 7) is 0. The SMILES string of the molecule is O=S(=O)(O)c1cc(NC2(Nc3ccccc3)C=C(Nc3ccccc3)NN=N2)ccc1C=Cc1ccc(NC2(Nc3ccccc3)C=C(Nc3ccccc3)NN=N2)cc1S(=O)(=O)O. The van der Waals surface area contributed by atoms with Crippen molar-refractivity contribution in [3.8, 4) is 0 Å². The van der Waals surface area contributed by atoms with Gasteiger partial charge in [0.25, 0.3) is 31.8 Å². The van der Waals surface area contributed by atoms with Crippen LogP contribution in [0.25, 0.3) is 12.2 Å². The van der Waals surface area contributed by atoms with Crippen molar-refractivity contribution >= 4 is 66.5 Å². The van der Waals surface area contributed by atoms with Crippen molar-refractivity contribution < 1.29 is 25.9 Å². The van der Waals surface area contributed by atoms with Crippen molar-refractivity contribution in [2.75, 3.05) is 31.9 Å². The Hall–Kier alpha value is -8.04. The molecule has 2 aliphatic heterocycles. The lowest BCUT2D eigenvalue weighted by molar-refractivity contribution is 0.480. The first-order valence-electron chi connectivity index (χ1n) is 19.4. The van der Waals surface area contributed by atoms with E-state index >= 15 is 0 Å². The fourth-order valence-corrected chi connectivity index (χ4v) is 8.11. The second-order valence-corrected chi connectivity index (χ2v) is 17.1. The number of benzene rings is 6. The Morgan fingerprint density at radius 2 is 0.766 bits per heavy atom. The highest BCUT2D eigenvalue weighted by Gasteiger charge is 2.33. The summed E-state index contributed by atoms with van der Waals surface area (Å²) in [5.74, 6) is -2.05. The van der Waals surface area contributed by atoms with Crippen LogP contribution < -0.4 is 42.8 Å². The number of anilines is 6. The zero-order valence-electron chi connectivity index (χ0n) is 33.5. The topological polar surface area (TPSA) is 254 Å². The summed E-state index contributed by atoms with van der Waals surface area (Å²) in [7, 11) is -9.75. The van der Waals surface area contributed by atoms with Crippen LogP contribution in [0.15, 0.2) is 212 Å². The van der Waals surface area contributed by atoms with Gasteiger partial charge in [0.05, 0.1) is 0 Å². The van der Waals surface area contributed by atoms with E-state index in [0.29, 0.717) is 23.0 Å². The van der Waals surface area contributed by atoms with Gasteiger partial charge < -0.3 is 31.9 Å². The average molecular weight is 897 g/mol. The highest BCUT2D eigenvalue weighted by molar-refractivity contribution is 7.86. The number of nitrogens with zero attached hydrogens (tertiary/aromatic N) is 4. The molecule has 10 N–H and O–H groups in total. The normalized spacial score (nSPS) is 18.2. The molecule has 8 rings (SSSR count). The van der Waals surface area contributed by atoms with Gasteiger partial charge in [-0.2, -0.15) is 16.8 Å². The van der Waals surface area contributed by atoms with E-state index in [9.17, 15) is 25.9 Å². The minimum absolute atomic E-state index is 0.000217. The van der Waals surface area contributed by atoms with Crippen molar-refractivity contribution in [1.29, 1.82) is 0 Å². The molecule has 20 heteroatoms. The van der Waals surface area contributed by atoms with Gasteiger partial charge >= 0.3 is 0 Å². The third-order valence-electron chi connectivity index (χ3n) is 9.48. The Labute approximate surface area is 368 Å².